The van der Waals surface area contributed by atoms with Crippen molar-refractivity contribution in [3.63, 3.8) is 0 Å². The molecule has 3 saturated heterocycles. The first-order valence-corrected chi connectivity index (χ1v) is 35.9. The number of fused-ring (bicyclic) bond motifs is 2. The highest BCUT2D eigenvalue weighted by atomic mass is 32.2. The fourth-order valence-electron chi connectivity index (χ4n) is 12.3. The molecule has 572 valence electrons. The van der Waals surface area contributed by atoms with Crippen LogP contribution in [-0.2, 0) is 87.9 Å². The zero-order chi connectivity index (χ0) is 76.5. The van der Waals surface area contributed by atoms with E-state index in [9.17, 15) is 102 Å². The summed E-state index contributed by atoms with van der Waals surface area (Å²) < 4.78 is 0. The number of aliphatic carboxylic acids is 4. The minimum atomic E-state index is -1.93. The van der Waals surface area contributed by atoms with Crippen LogP contribution in [0.4, 0.5) is 0 Å². The molecule has 13 amide bonds. The maximum atomic E-state index is 15.4. The minimum Gasteiger partial charge on any atom is -0.481 e. The molecule has 0 radical (unpaired) electrons. The molecule has 104 heavy (non-hydrogen) atoms. The third-order valence-electron chi connectivity index (χ3n) is 17.7. The van der Waals surface area contributed by atoms with Gasteiger partial charge in [0.25, 0.3) is 11.8 Å². The molecular weight excluding hydrogens is 1410 g/mol. The Morgan fingerprint density at radius 2 is 1.10 bits per heavy atom. The van der Waals surface area contributed by atoms with Gasteiger partial charge in [0.05, 0.1) is 48.5 Å². The Kier molecular flexibility index (Phi) is 32.7. The van der Waals surface area contributed by atoms with Gasteiger partial charge in [0, 0.05) is 89.8 Å². The molecule has 0 saturated carbocycles. The molecule has 1 aromatic rings. The van der Waals surface area contributed by atoms with Crippen LogP contribution in [0.3, 0.4) is 0 Å². The Morgan fingerprint density at radius 1 is 0.587 bits per heavy atom. The normalized spacial score (nSPS) is 24.1. The van der Waals surface area contributed by atoms with E-state index in [0.717, 1.165) is 11.8 Å². The van der Waals surface area contributed by atoms with E-state index >= 15 is 4.79 Å². The van der Waals surface area contributed by atoms with Crippen molar-refractivity contribution in [2.45, 2.75) is 145 Å². The fraction of sp³-hybridized carbons (Fsp3) is 0.609. The fourth-order valence-corrected chi connectivity index (χ4v) is 14.6. The standard InChI is InChI=1S/C64H92N16O22S2/c1-3-4-12-37(67-46(83)29-75-19-21-76(30-48(86)87)23-25-78(32-50(90)91)26-24-77(22-20-75)31-49(88)89)55(93)72-42-34-104-53-52(61(99)74-62(53)100)103-33-41(58(96)69-39(54(66)92)28-47(84)85)71-57(95)40(27-36-10-6-5-7-11-36)70-56(94)38(15-16-45(65)82)68-60(98)51(35(2)81)73-59(97)43-13-8-17-79(43)64(102)44-14-9-18-80(44)63(42)101/h5-7,10-11,35,37-44,51,81H,3-4,8-9,12-34H2,1-2H3,(H2,65,82)(H2,66,92)(H,67,83)(H,68,98)(H,69,96)(H,70,94)(H,71,95)(H,72,93)(H,73,97)(H,84,85)(H,86,87)(H,88,89)(H,90,91)(H,74,99,100)/t35-,37+,38+,39+,40+,41+,42+,43+,44+,51+/m1/s1. The molecule has 0 spiro atoms. The van der Waals surface area contributed by atoms with E-state index in [1.165, 1.54) is 4.90 Å². The summed E-state index contributed by atoms with van der Waals surface area (Å²) >= 11 is 1.05. The number of amides is 13. The topological polar surface area (TPSA) is 559 Å². The molecule has 10 atom stereocenters. The zero-order valence-electron chi connectivity index (χ0n) is 57.6. The lowest BCUT2D eigenvalue weighted by atomic mass is 10.0. The molecule has 0 bridgehead atoms. The largest absolute Gasteiger partial charge is 0.481 e. The van der Waals surface area contributed by atoms with Crippen molar-refractivity contribution in [1.29, 1.82) is 0 Å². The summed E-state index contributed by atoms with van der Waals surface area (Å²) in [6.45, 7) is 1.61. The number of nitrogens with one attached hydrogen (secondary N) is 8. The summed E-state index contributed by atoms with van der Waals surface area (Å²) in [4.78, 5) is 240. The van der Waals surface area contributed by atoms with Gasteiger partial charge in [-0.25, -0.2) is 0 Å². The van der Waals surface area contributed by atoms with Crippen LogP contribution in [0.2, 0.25) is 0 Å². The van der Waals surface area contributed by atoms with Crippen molar-refractivity contribution < 1.29 is 107 Å². The second-order valence-electron chi connectivity index (χ2n) is 25.7. The number of primary amides is 2. The van der Waals surface area contributed by atoms with E-state index in [-0.39, 0.29) is 104 Å². The van der Waals surface area contributed by atoms with Crippen LogP contribution in [-0.4, -0.2) is 319 Å². The summed E-state index contributed by atoms with van der Waals surface area (Å²) in [7, 11) is 0. The first kappa shape index (κ1) is 83.6. The molecule has 17 N–H and O–H groups in total. The Morgan fingerprint density at radius 3 is 1.61 bits per heavy atom. The number of hydrogen-bond donors (Lipinski definition) is 15. The highest BCUT2D eigenvalue weighted by Gasteiger charge is 2.46. The van der Waals surface area contributed by atoms with Gasteiger partial charge in [0.1, 0.15) is 54.4 Å². The molecule has 38 nitrogen and oxygen atoms in total. The van der Waals surface area contributed by atoms with Crippen LogP contribution in [0.15, 0.2) is 40.1 Å². The minimum absolute atomic E-state index is 0.0184. The maximum Gasteiger partial charge on any atom is 0.317 e. The van der Waals surface area contributed by atoms with Gasteiger partial charge in [-0.3, -0.25) is 106 Å². The van der Waals surface area contributed by atoms with Crippen LogP contribution in [0.5, 0.6) is 0 Å². The number of unbranched alkanes of at least 4 members (excludes halogenated alkanes) is 1. The lowest BCUT2D eigenvalue weighted by Crippen LogP contribution is -2.62. The highest BCUT2D eigenvalue weighted by Crippen LogP contribution is 2.34. The number of carbonyl (C=O) groups is 17. The van der Waals surface area contributed by atoms with Crippen LogP contribution in [0.1, 0.15) is 83.6 Å². The molecule has 3 fully saturated rings. The number of nitrogens with zero attached hydrogens (tertiary/aromatic N) is 6. The summed E-state index contributed by atoms with van der Waals surface area (Å²) in [6.07, 6.45) is -2.96. The smallest absolute Gasteiger partial charge is 0.317 e. The number of hydrogen-bond acceptors (Lipinski definition) is 24. The van der Waals surface area contributed by atoms with E-state index in [2.05, 4.69) is 42.5 Å². The number of thioether (sulfide) groups is 2. The number of carboxylic acid groups (broad SMARTS) is 4. The van der Waals surface area contributed by atoms with Crippen molar-refractivity contribution in [3.05, 3.63) is 45.7 Å². The molecule has 40 heteroatoms. The van der Waals surface area contributed by atoms with E-state index in [0.29, 0.717) is 41.9 Å². The lowest BCUT2D eigenvalue weighted by Gasteiger charge is -2.34. The van der Waals surface area contributed by atoms with Crippen LogP contribution >= 0.6 is 23.5 Å². The van der Waals surface area contributed by atoms with Crippen molar-refractivity contribution >= 4 is 124 Å². The Balaban J connectivity index is 1.41. The predicted octanol–water partition coefficient (Wildman–Crippen LogP) is -6.78. The average Bonchev–Trinajstić information content (AvgIpc) is 1.64. The number of carbonyl (C=O) groups excluding carboxylic acids is 13. The molecule has 6 rings (SSSR count). The third-order valence-corrected chi connectivity index (χ3v) is 20.2. The number of benzene rings is 1. The molecule has 0 aromatic heterocycles. The van der Waals surface area contributed by atoms with Gasteiger partial charge in [0.2, 0.25) is 65.0 Å². The molecule has 5 aliphatic heterocycles. The molecule has 5 aliphatic rings. The Hall–Kier alpha value is -9.35. The van der Waals surface area contributed by atoms with Gasteiger partial charge in [-0.15, -0.1) is 23.5 Å². The molecule has 0 aliphatic carbocycles. The summed E-state index contributed by atoms with van der Waals surface area (Å²) in [5, 5.41) is 69.4. The SMILES string of the molecule is CCCC[C@H](NC(=O)CN1CCN(CC(=O)O)CCN(CC(=O)O)CCN(CC(=O)O)CC1)C(=O)N[C@H]1CSC2=C(SC[C@@H](C(=O)N[C@@H](CC(=O)O)C(N)=O)NC(=O)[C@H](Cc3ccccc3)NC(=O)[C@H](CCC(N)=O)NC(=O)[C@H]([C@@H](C)O)NC(=O)[C@@H]3CCCN3C(=O)[C@@H]3CCCN3C1=O)C(=O)NC2=O. The first-order chi connectivity index (χ1) is 49.3. The van der Waals surface area contributed by atoms with Gasteiger partial charge in [-0.2, -0.15) is 0 Å². The second kappa shape index (κ2) is 40.6. The summed E-state index contributed by atoms with van der Waals surface area (Å²) in [5.41, 5.74) is 11.4. The van der Waals surface area contributed by atoms with Gasteiger partial charge in [-0.05, 0) is 51.0 Å². The molecule has 1 aromatic carbocycles. The summed E-state index contributed by atoms with van der Waals surface area (Å²) in [6, 6.07) is -7.01. The van der Waals surface area contributed by atoms with Gasteiger partial charge >= 0.3 is 23.9 Å². The van der Waals surface area contributed by atoms with Crippen LogP contribution < -0.4 is 54.0 Å². The van der Waals surface area contributed by atoms with Crippen molar-refractivity contribution in [2.75, 3.05) is 103 Å². The van der Waals surface area contributed by atoms with E-state index in [1.54, 1.807) is 56.9 Å². The van der Waals surface area contributed by atoms with Crippen LogP contribution in [0.25, 0.3) is 0 Å². The van der Waals surface area contributed by atoms with E-state index < -0.39 is 228 Å². The predicted molar refractivity (Wildman–Crippen MR) is 368 cm³/mol. The number of imide groups is 1. The Bertz CT molecular complexity index is 3370. The number of rotatable bonds is 25. The summed E-state index contributed by atoms with van der Waals surface area (Å²) in [5.74, 6) is -19.8. The number of aliphatic hydroxyl groups is 1. The first-order valence-electron chi connectivity index (χ1n) is 34.0. The van der Waals surface area contributed by atoms with E-state index in [1.807, 2.05) is 0 Å². The maximum absolute atomic E-state index is 15.4. The molecular formula is C64H92N16O22S2. The lowest BCUT2D eigenvalue weighted by molar-refractivity contribution is -0.148. The number of aliphatic hydroxyl groups excluding tert-OH is 1. The monoisotopic (exact) mass is 1500 g/mol. The van der Waals surface area contributed by atoms with Gasteiger partial charge < -0.3 is 84.0 Å². The zero-order valence-corrected chi connectivity index (χ0v) is 59.2. The quantitative estimate of drug-likeness (QED) is 0.0405. The molecule has 5 heterocycles. The van der Waals surface area contributed by atoms with Crippen molar-refractivity contribution in [3.8, 4) is 0 Å². The van der Waals surface area contributed by atoms with E-state index in [4.69, 9.17) is 11.5 Å². The van der Waals surface area contributed by atoms with Crippen molar-refractivity contribution in [1.82, 2.24) is 71.9 Å². The number of nitrogens with two attached hydrogens (primary N) is 2. The second-order valence-corrected chi connectivity index (χ2v) is 27.8. The highest BCUT2D eigenvalue weighted by molar-refractivity contribution is 8.08. The molecule has 0 unspecified atom stereocenters. The van der Waals surface area contributed by atoms with Gasteiger partial charge in [-0.1, -0.05) is 50.1 Å². The van der Waals surface area contributed by atoms with Crippen molar-refractivity contribution in [2.24, 2.45) is 11.5 Å². The number of carboxylic acids is 4. The third kappa shape index (κ3) is 25.8. The Labute approximate surface area is 605 Å². The van der Waals surface area contributed by atoms with Gasteiger partial charge in [0.15, 0.2) is 0 Å². The average molecular weight is 1500 g/mol. The van der Waals surface area contributed by atoms with Crippen LogP contribution in [0, 0.1) is 0 Å².